The second kappa shape index (κ2) is 7.84. The zero-order valence-electron chi connectivity index (χ0n) is 15.3. The van der Waals surface area contributed by atoms with Crippen molar-refractivity contribution < 1.29 is 9.13 Å². The van der Waals surface area contributed by atoms with Gasteiger partial charge in [-0.1, -0.05) is 34.9 Å². The largest absolute Gasteiger partial charge is 0.373 e. The van der Waals surface area contributed by atoms with Gasteiger partial charge in [0.2, 0.25) is 5.95 Å². The smallest absolute Gasteiger partial charge is 0.250 e. The van der Waals surface area contributed by atoms with Gasteiger partial charge in [0.1, 0.15) is 5.82 Å². The molecule has 0 aliphatic carbocycles. The van der Waals surface area contributed by atoms with Crippen molar-refractivity contribution in [2.45, 2.75) is 32.5 Å². The fourth-order valence-electron chi connectivity index (χ4n) is 3.25. The van der Waals surface area contributed by atoms with Crippen LogP contribution in [0.4, 0.5) is 10.3 Å². The Kier molecular flexibility index (Phi) is 5.11. The van der Waals surface area contributed by atoms with Crippen LogP contribution in [0.5, 0.6) is 0 Å². The number of piperidine rings is 1. The number of nitrogens with zero attached hydrogens (tertiary/aromatic N) is 5. The molecule has 0 amide bonds. The van der Waals surface area contributed by atoms with E-state index in [1.54, 1.807) is 16.8 Å². The normalized spacial score (nSPS) is 15.3. The van der Waals surface area contributed by atoms with E-state index in [1.807, 2.05) is 12.1 Å². The Hall–Kier alpha value is -2.80. The molecule has 0 atom stereocenters. The summed E-state index contributed by atoms with van der Waals surface area (Å²) in [5.74, 6) is 0.536. The van der Waals surface area contributed by atoms with E-state index < -0.39 is 0 Å². The van der Waals surface area contributed by atoms with Crippen LogP contribution in [0.25, 0.3) is 5.69 Å². The van der Waals surface area contributed by atoms with Crippen LogP contribution >= 0.6 is 0 Å². The number of aryl methyl sites for hydroxylation is 1. The highest BCUT2D eigenvalue weighted by Crippen LogP contribution is 2.22. The van der Waals surface area contributed by atoms with Gasteiger partial charge in [-0.3, -0.25) is 0 Å². The first-order valence-electron chi connectivity index (χ1n) is 9.15. The van der Waals surface area contributed by atoms with E-state index in [1.165, 1.54) is 17.7 Å². The predicted molar refractivity (Wildman–Crippen MR) is 100 cm³/mol. The van der Waals surface area contributed by atoms with Crippen molar-refractivity contribution in [3.05, 3.63) is 65.5 Å². The summed E-state index contributed by atoms with van der Waals surface area (Å²) >= 11 is 0. The minimum Gasteiger partial charge on any atom is -0.373 e. The van der Waals surface area contributed by atoms with Crippen molar-refractivity contribution in [2.24, 2.45) is 0 Å². The molecule has 0 bridgehead atoms. The molecule has 0 saturated carbocycles. The third-order valence-electron chi connectivity index (χ3n) is 4.86. The van der Waals surface area contributed by atoms with Gasteiger partial charge in [-0.15, -0.1) is 0 Å². The molecule has 0 unspecified atom stereocenters. The monoisotopic (exact) mass is 367 g/mol. The van der Waals surface area contributed by atoms with Crippen molar-refractivity contribution in [3.63, 3.8) is 0 Å². The van der Waals surface area contributed by atoms with Gasteiger partial charge in [0, 0.05) is 13.1 Å². The molecule has 2 heterocycles. The molecule has 7 heteroatoms. The highest BCUT2D eigenvalue weighted by molar-refractivity contribution is 5.42. The molecule has 0 radical (unpaired) electrons. The molecule has 2 aromatic carbocycles. The van der Waals surface area contributed by atoms with Crippen LogP contribution in [0.1, 0.15) is 24.0 Å². The van der Waals surface area contributed by atoms with Crippen LogP contribution in [-0.2, 0) is 11.3 Å². The number of anilines is 1. The second-order valence-corrected chi connectivity index (χ2v) is 6.85. The van der Waals surface area contributed by atoms with E-state index in [4.69, 9.17) is 4.74 Å². The Morgan fingerprint density at radius 3 is 2.44 bits per heavy atom. The van der Waals surface area contributed by atoms with E-state index in [0.29, 0.717) is 6.61 Å². The van der Waals surface area contributed by atoms with Gasteiger partial charge in [-0.2, -0.15) is 4.68 Å². The van der Waals surface area contributed by atoms with Crippen molar-refractivity contribution in [3.8, 4) is 5.69 Å². The van der Waals surface area contributed by atoms with Crippen LogP contribution in [0.15, 0.2) is 48.5 Å². The zero-order chi connectivity index (χ0) is 18.6. The Balaban J connectivity index is 1.35. The Morgan fingerprint density at radius 1 is 1.04 bits per heavy atom. The van der Waals surface area contributed by atoms with Gasteiger partial charge >= 0.3 is 0 Å². The number of tetrazole rings is 1. The Morgan fingerprint density at radius 2 is 1.74 bits per heavy atom. The van der Waals surface area contributed by atoms with Gasteiger partial charge < -0.3 is 9.64 Å². The molecule has 1 aliphatic rings. The molecule has 140 valence electrons. The van der Waals surface area contributed by atoms with Crippen LogP contribution in [-0.4, -0.2) is 39.4 Å². The van der Waals surface area contributed by atoms with Gasteiger partial charge in [0.25, 0.3) is 0 Å². The fraction of sp³-hybridized carbons (Fsp3) is 0.350. The maximum atomic E-state index is 13.0. The molecule has 4 rings (SSSR count). The summed E-state index contributed by atoms with van der Waals surface area (Å²) in [7, 11) is 0. The van der Waals surface area contributed by atoms with Crippen molar-refractivity contribution in [2.75, 3.05) is 18.0 Å². The third-order valence-corrected chi connectivity index (χ3v) is 4.86. The van der Waals surface area contributed by atoms with E-state index in [0.717, 1.165) is 43.1 Å². The van der Waals surface area contributed by atoms with Crippen LogP contribution in [0, 0.1) is 12.7 Å². The lowest BCUT2D eigenvalue weighted by molar-refractivity contribution is 0.0249. The second-order valence-electron chi connectivity index (χ2n) is 6.85. The van der Waals surface area contributed by atoms with E-state index in [9.17, 15) is 4.39 Å². The minimum absolute atomic E-state index is 0.190. The van der Waals surface area contributed by atoms with Gasteiger partial charge in [0.05, 0.1) is 18.4 Å². The van der Waals surface area contributed by atoms with Crippen LogP contribution in [0.3, 0.4) is 0 Å². The summed E-state index contributed by atoms with van der Waals surface area (Å²) in [5, 5.41) is 12.2. The quantitative estimate of drug-likeness (QED) is 0.693. The van der Waals surface area contributed by atoms with Crippen LogP contribution in [0.2, 0.25) is 0 Å². The van der Waals surface area contributed by atoms with Crippen molar-refractivity contribution in [1.29, 1.82) is 0 Å². The van der Waals surface area contributed by atoms with Crippen molar-refractivity contribution >= 4 is 5.95 Å². The molecule has 0 N–H and O–H groups in total. The summed E-state index contributed by atoms with van der Waals surface area (Å²) < 4.78 is 20.7. The molecule has 0 spiro atoms. The van der Waals surface area contributed by atoms with E-state index >= 15 is 0 Å². The summed E-state index contributed by atoms with van der Waals surface area (Å²) in [6, 6.07) is 14.6. The van der Waals surface area contributed by atoms with E-state index in [2.05, 4.69) is 39.5 Å². The highest BCUT2D eigenvalue weighted by atomic mass is 19.1. The lowest BCUT2D eigenvalue weighted by Crippen LogP contribution is -2.38. The molecule has 1 aromatic heterocycles. The van der Waals surface area contributed by atoms with E-state index in [-0.39, 0.29) is 11.9 Å². The fourth-order valence-corrected chi connectivity index (χ4v) is 3.25. The molecular formula is C20H22FN5O. The first-order valence-corrected chi connectivity index (χ1v) is 9.15. The standard InChI is InChI=1S/C20H22FN5O/c1-15-2-8-18(9-3-15)26-20(22-23-24-26)25-12-10-19(11-13-25)27-14-16-4-6-17(21)7-5-16/h2-9,19H,10-14H2,1H3. The predicted octanol–water partition coefficient (Wildman–Crippen LogP) is 3.30. The lowest BCUT2D eigenvalue weighted by Gasteiger charge is -2.32. The topological polar surface area (TPSA) is 56.1 Å². The zero-order valence-corrected chi connectivity index (χ0v) is 15.3. The van der Waals surface area contributed by atoms with Gasteiger partial charge in [-0.05, 0) is 60.0 Å². The first-order chi connectivity index (χ1) is 13.2. The molecule has 3 aromatic rings. The van der Waals surface area contributed by atoms with Crippen molar-refractivity contribution in [1.82, 2.24) is 20.2 Å². The number of hydrogen-bond donors (Lipinski definition) is 0. The molecule has 27 heavy (non-hydrogen) atoms. The number of benzene rings is 2. The maximum absolute atomic E-state index is 13.0. The van der Waals surface area contributed by atoms with Crippen LogP contribution < -0.4 is 4.90 Å². The highest BCUT2D eigenvalue weighted by Gasteiger charge is 2.24. The number of hydrogen-bond acceptors (Lipinski definition) is 5. The summed E-state index contributed by atoms with van der Waals surface area (Å²) in [5.41, 5.74) is 3.14. The Labute approximate surface area is 157 Å². The maximum Gasteiger partial charge on any atom is 0.250 e. The number of ether oxygens (including phenoxy) is 1. The molecule has 6 nitrogen and oxygen atoms in total. The Bertz CT molecular complexity index is 870. The van der Waals surface area contributed by atoms with Gasteiger partial charge in [0.15, 0.2) is 0 Å². The SMILES string of the molecule is Cc1ccc(-n2nnnc2N2CCC(OCc3ccc(F)cc3)CC2)cc1. The van der Waals surface area contributed by atoms with Gasteiger partial charge in [-0.25, -0.2) is 4.39 Å². The molecule has 1 aliphatic heterocycles. The number of rotatable bonds is 5. The third kappa shape index (κ3) is 4.14. The average Bonchev–Trinajstić information content (AvgIpc) is 3.18. The average molecular weight is 367 g/mol. The summed E-state index contributed by atoms with van der Waals surface area (Å²) in [4.78, 5) is 2.19. The number of aromatic nitrogens is 4. The minimum atomic E-state index is -0.224. The summed E-state index contributed by atoms with van der Waals surface area (Å²) in [6.45, 7) is 4.23. The molecular weight excluding hydrogens is 345 g/mol. The molecule has 1 saturated heterocycles. The lowest BCUT2D eigenvalue weighted by atomic mass is 10.1. The molecule has 1 fully saturated rings. The first kappa shape index (κ1) is 17.6. The number of halogens is 1. The summed E-state index contributed by atoms with van der Waals surface area (Å²) in [6.07, 6.45) is 2.00.